The Labute approximate surface area is 107 Å². The van der Waals surface area contributed by atoms with Crippen molar-refractivity contribution in [3.63, 3.8) is 0 Å². The summed E-state index contributed by atoms with van der Waals surface area (Å²) in [5, 5.41) is 3.46. The van der Waals surface area contributed by atoms with Gasteiger partial charge in [0.1, 0.15) is 0 Å². The topological polar surface area (TPSA) is 15.3 Å². The first-order valence-corrected chi connectivity index (χ1v) is 7.81. The quantitative estimate of drug-likeness (QED) is 0.733. The first-order chi connectivity index (χ1) is 8.38. The summed E-state index contributed by atoms with van der Waals surface area (Å²) in [5.74, 6) is 2.05. The Bertz CT molecular complexity index is 195. The van der Waals surface area contributed by atoms with Crippen LogP contribution in [0.3, 0.4) is 0 Å². The molecule has 0 aromatic carbocycles. The van der Waals surface area contributed by atoms with Gasteiger partial charge in [-0.2, -0.15) is 0 Å². The van der Waals surface area contributed by atoms with E-state index in [0.717, 1.165) is 11.8 Å². The van der Waals surface area contributed by atoms with Gasteiger partial charge in [-0.15, -0.1) is 0 Å². The Morgan fingerprint density at radius 3 is 2.41 bits per heavy atom. The Morgan fingerprint density at radius 1 is 1.06 bits per heavy atom. The summed E-state index contributed by atoms with van der Waals surface area (Å²) in [6, 6.07) is 0. The van der Waals surface area contributed by atoms with E-state index in [1.807, 2.05) is 0 Å². The van der Waals surface area contributed by atoms with Crippen molar-refractivity contribution in [2.24, 2.45) is 11.8 Å². The monoisotopic (exact) mass is 238 g/mol. The second kappa shape index (κ2) is 7.38. The second-order valence-electron chi connectivity index (χ2n) is 6.03. The standard InChI is InChI=1S/C15H30N2/c1-2-17(13-15-5-3-6-15)12-4-7-14-8-10-16-11-9-14/h14-16H,2-13H2,1H3. The molecule has 1 saturated carbocycles. The van der Waals surface area contributed by atoms with Gasteiger partial charge in [0.05, 0.1) is 0 Å². The van der Waals surface area contributed by atoms with E-state index in [9.17, 15) is 0 Å². The molecular weight excluding hydrogens is 208 g/mol. The van der Waals surface area contributed by atoms with Crippen LogP contribution in [0.15, 0.2) is 0 Å². The Balaban J connectivity index is 1.55. The van der Waals surface area contributed by atoms with Crippen LogP contribution < -0.4 is 5.32 Å². The first-order valence-electron chi connectivity index (χ1n) is 7.81. The second-order valence-corrected chi connectivity index (χ2v) is 6.03. The lowest BCUT2D eigenvalue weighted by molar-refractivity contribution is 0.177. The Morgan fingerprint density at radius 2 is 1.82 bits per heavy atom. The molecule has 2 rings (SSSR count). The van der Waals surface area contributed by atoms with E-state index in [4.69, 9.17) is 0 Å². The van der Waals surface area contributed by atoms with Gasteiger partial charge in [-0.25, -0.2) is 0 Å². The molecule has 0 aromatic rings. The number of hydrogen-bond acceptors (Lipinski definition) is 2. The largest absolute Gasteiger partial charge is 0.317 e. The third-order valence-electron chi connectivity index (χ3n) is 4.73. The van der Waals surface area contributed by atoms with Gasteiger partial charge in [0, 0.05) is 6.54 Å². The lowest BCUT2D eigenvalue weighted by atomic mass is 9.85. The molecule has 0 aromatic heterocycles. The van der Waals surface area contributed by atoms with Gasteiger partial charge in [0.2, 0.25) is 0 Å². The molecule has 0 unspecified atom stereocenters. The molecule has 0 spiro atoms. The lowest BCUT2D eigenvalue weighted by Crippen LogP contribution is -2.33. The van der Waals surface area contributed by atoms with Crippen LogP contribution in [-0.2, 0) is 0 Å². The maximum atomic E-state index is 3.46. The summed E-state index contributed by atoms with van der Waals surface area (Å²) in [4.78, 5) is 2.69. The van der Waals surface area contributed by atoms with Crippen molar-refractivity contribution in [1.29, 1.82) is 0 Å². The summed E-state index contributed by atoms with van der Waals surface area (Å²) in [7, 11) is 0. The average molecular weight is 238 g/mol. The van der Waals surface area contributed by atoms with Crippen molar-refractivity contribution in [3.8, 4) is 0 Å². The van der Waals surface area contributed by atoms with Crippen LogP contribution in [0.5, 0.6) is 0 Å². The Hall–Kier alpha value is -0.0800. The van der Waals surface area contributed by atoms with E-state index in [1.165, 1.54) is 77.7 Å². The number of rotatable bonds is 7. The van der Waals surface area contributed by atoms with Crippen LogP contribution in [0.4, 0.5) is 0 Å². The summed E-state index contributed by atoms with van der Waals surface area (Å²) < 4.78 is 0. The van der Waals surface area contributed by atoms with Crippen LogP contribution in [0.1, 0.15) is 51.9 Å². The van der Waals surface area contributed by atoms with Crippen LogP contribution in [-0.4, -0.2) is 37.6 Å². The molecule has 2 aliphatic rings. The van der Waals surface area contributed by atoms with Crippen LogP contribution in [0, 0.1) is 11.8 Å². The molecule has 100 valence electrons. The minimum Gasteiger partial charge on any atom is -0.317 e. The maximum Gasteiger partial charge on any atom is 0.000954 e. The predicted octanol–water partition coefficient (Wildman–Crippen LogP) is 2.89. The van der Waals surface area contributed by atoms with Crippen LogP contribution in [0.25, 0.3) is 0 Å². The normalized spacial score (nSPS) is 22.9. The first kappa shape index (κ1) is 13.4. The molecule has 0 bridgehead atoms. The highest BCUT2D eigenvalue weighted by molar-refractivity contribution is 4.74. The van der Waals surface area contributed by atoms with Crippen molar-refractivity contribution in [2.45, 2.75) is 51.9 Å². The van der Waals surface area contributed by atoms with Gasteiger partial charge in [0.25, 0.3) is 0 Å². The van der Waals surface area contributed by atoms with E-state index in [2.05, 4.69) is 17.1 Å². The fourth-order valence-electron chi connectivity index (χ4n) is 3.19. The minimum atomic E-state index is 1.01. The van der Waals surface area contributed by atoms with E-state index in [-0.39, 0.29) is 0 Å². The average Bonchev–Trinajstić information content (AvgIpc) is 2.32. The zero-order chi connectivity index (χ0) is 11.9. The number of piperidine rings is 1. The summed E-state index contributed by atoms with van der Waals surface area (Å²) >= 11 is 0. The van der Waals surface area contributed by atoms with Gasteiger partial charge >= 0.3 is 0 Å². The molecule has 1 N–H and O–H groups in total. The zero-order valence-electron chi connectivity index (χ0n) is 11.6. The fraction of sp³-hybridized carbons (Fsp3) is 1.00. The summed E-state index contributed by atoms with van der Waals surface area (Å²) in [6.45, 7) is 8.81. The van der Waals surface area contributed by atoms with Crippen molar-refractivity contribution in [3.05, 3.63) is 0 Å². The number of nitrogens with one attached hydrogen (secondary N) is 1. The fourth-order valence-corrected chi connectivity index (χ4v) is 3.19. The molecule has 1 aliphatic carbocycles. The number of nitrogens with zero attached hydrogens (tertiary/aromatic N) is 1. The van der Waals surface area contributed by atoms with Crippen molar-refractivity contribution < 1.29 is 0 Å². The maximum absolute atomic E-state index is 3.46. The zero-order valence-corrected chi connectivity index (χ0v) is 11.6. The molecule has 2 heteroatoms. The predicted molar refractivity (Wildman–Crippen MR) is 74.3 cm³/mol. The molecule has 0 amide bonds. The third kappa shape index (κ3) is 4.59. The molecular formula is C15H30N2. The van der Waals surface area contributed by atoms with Crippen molar-refractivity contribution in [1.82, 2.24) is 10.2 Å². The highest BCUT2D eigenvalue weighted by Gasteiger charge is 2.20. The minimum absolute atomic E-state index is 1.01. The van der Waals surface area contributed by atoms with Crippen LogP contribution in [0.2, 0.25) is 0 Å². The van der Waals surface area contributed by atoms with E-state index < -0.39 is 0 Å². The highest BCUT2D eigenvalue weighted by atomic mass is 15.1. The Kier molecular flexibility index (Phi) is 5.79. The highest BCUT2D eigenvalue weighted by Crippen LogP contribution is 2.27. The molecule has 0 radical (unpaired) electrons. The molecule has 1 aliphatic heterocycles. The smallest absolute Gasteiger partial charge is 0.000954 e. The molecule has 1 saturated heterocycles. The van der Waals surface area contributed by atoms with Crippen molar-refractivity contribution in [2.75, 3.05) is 32.7 Å². The third-order valence-corrected chi connectivity index (χ3v) is 4.73. The van der Waals surface area contributed by atoms with E-state index in [0.29, 0.717) is 0 Å². The molecule has 2 nitrogen and oxygen atoms in total. The number of hydrogen-bond donors (Lipinski definition) is 1. The summed E-state index contributed by atoms with van der Waals surface area (Å²) in [5.41, 5.74) is 0. The van der Waals surface area contributed by atoms with Gasteiger partial charge < -0.3 is 10.2 Å². The SMILES string of the molecule is CCN(CCCC1CCNCC1)CC1CCC1. The van der Waals surface area contributed by atoms with Gasteiger partial charge in [-0.1, -0.05) is 13.3 Å². The van der Waals surface area contributed by atoms with Gasteiger partial charge in [-0.05, 0) is 76.5 Å². The molecule has 0 atom stereocenters. The van der Waals surface area contributed by atoms with Gasteiger partial charge in [0.15, 0.2) is 0 Å². The van der Waals surface area contributed by atoms with Crippen molar-refractivity contribution >= 4 is 0 Å². The van der Waals surface area contributed by atoms with E-state index in [1.54, 1.807) is 0 Å². The van der Waals surface area contributed by atoms with Crippen LogP contribution >= 0.6 is 0 Å². The molecule has 1 heterocycles. The van der Waals surface area contributed by atoms with E-state index >= 15 is 0 Å². The lowest BCUT2D eigenvalue weighted by Gasteiger charge is -2.32. The summed E-state index contributed by atoms with van der Waals surface area (Å²) in [6.07, 6.45) is 10.2. The molecule has 2 fully saturated rings. The van der Waals surface area contributed by atoms with Gasteiger partial charge in [-0.3, -0.25) is 0 Å². The molecule has 17 heavy (non-hydrogen) atoms.